The Morgan fingerprint density at radius 3 is 2.00 bits per heavy atom. The third-order valence-electron chi connectivity index (χ3n) is 4.87. The van der Waals surface area contributed by atoms with Crippen LogP contribution in [0.2, 0.25) is 0 Å². The molecule has 0 spiro atoms. The minimum absolute atomic E-state index is 0.195. The highest BCUT2D eigenvalue weighted by atomic mass is 16.4. The Balaban J connectivity index is 1.66. The van der Waals surface area contributed by atoms with E-state index in [1.807, 2.05) is 12.1 Å². The smallest absolute Gasteiger partial charge is 0.307 e. The van der Waals surface area contributed by atoms with E-state index < -0.39 is 5.97 Å². The van der Waals surface area contributed by atoms with Crippen molar-refractivity contribution < 1.29 is 9.90 Å². The molecule has 1 N–H and O–H groups in total. The fourth-order valence-corrected chi connectivity index (χ4v) is 3.66. The summed E-state index contributed by atoms with van der Waals surface area (Å²) in [6.45, 7) is 2.56. The lowest BCUT2D eigenvalue weighted by Crippen LogP contribution is -2.30. The van der Waals surface area contributed by atoms with E-state index in [-0.39, 0.29) is 5.92 Å². The Hall–Kier alpha value is -2.13. The van der Waals surface area contributed by atoms with Crippen LogP contribution in [0, 0.1) is 11.8 Å². The molecular formula is C21H25NO2. The zero-order valence-corrected chi connectivity index (χ0v) is 14.0. The Bertz CT molecular complexity index is 600. The summed E-state index contributed by atoms with van der Waals surface area (Å²) in [5, 5.41) is 9.21. The van der Waals surface area contributed by atoms with Gasteiger partial charge in [-0.15, -0.1) is 0 Å². The number of benzene rings is 2. The van der Waals surface area contributed by atoms with Gasteiger partial charge in [-0.2, -0.15) is 0 Å². The number of hydrogen-bond donors (Lipinski definition) is 1. The van der Waals surface area contributed by atoms with Crippen LogP contribution in [0.3, 0.4) is 0 Å². The maximum Gasteiger partial charge on any atom is 0.307 e. The summed E-state index contributed by atoms with van der Waals surface area (Å²) in [4.78, 5) is 13.5. The standard InChI is InChI=1S/C21H25NO2/c23-21(24)20-11-12-22(16-20)15-19(13-17-7-3-1-4-8-17)14-18-9-5-2-6-10-18/h1-10,19-20H,11-16H2,(H,23,24). The van der Waals surface area contributed by atoms with E-state index in [0.29, 0.717) is 12.5 Å². The van der Waals surface area contributed by atoms with E-state index in [1.165, 1.54) is 11.1 Å². The summed E-state index contributed by atoms with van der Waals surface area (Å²) in [7, 11) is 0. The van der Waals surface area contributed by atoms with Crippen molar-refractivity contribution in [2.24, 2.45) is 11.8 Å². The molecule has 0 aliphatic carbocycles. The quantitative estimate of drug-likeness (QED) is 0.848. The van der Waals surface area contributed by atoms with Crippen molar-refractivity contribution in [2.75, 3.05) is 19.6 Å². The number of rotatable bonds is 7. The molecular weight excluding hydrogens is 298 g/mol. The average molecular weight is 323 g/mol. The highest BCUT2D eigenvalue weighted by Gasteiger charge is 2.29. The summed E-state index contributed by atoms with van der Waals surface area (Å²) in [5.41, 5.74) is 2.71. The lowest BCUT2D eigenvalue weighted by atomic mass is 9.92. The first kappa shape index (κ1) is 16.7. The summed E-state index contributed by atoms with van der Waals surface area (Å²) < 4.78 is 0. The first-order valence-corrected chi connectivity index (χ1v) is 8.73. The van der Waals surface area contributed by atoms with Crippen LogP contribution in [-0.4, -0.2) is 35.6 Å². The molecule has 2 aromatic carbocycles. The highest BCUT2D eigenvalue weighted by Crippen LogP contribution is 2.21. The zero-order chi connectivity index (χ0) is 16.8. The van der Waals surface area contributed by atoms with Crippen molar-refractivity contribution in [1.29, 1.82) is 0 Å². The van der Waals surface area contributed by atoms with Gasteiger partial charge in [0.15, 0.2) is 0 Å². The van der Waals surface area contributed by atoms with Gasteiger partial charge in [-0.3, -0.25) is 4.79 Å². The number of carboxylic acids is 1. The minimum Gasteiger partial charge on any atom is -0.481 e. The molecule has 1 heterocycles. The first-order chi connectivity index (χ1) is 11.7. The minimum atomic E-state index is -0.653. The van der Waals surface area contributed by atoms with Crippen LogP contribution in [0.1, 0.15) is 17.5 Å². The lowest BCUT2D eigenvalue weighted by molar-refractivity contribution is -0.141. The van der Waals surface area contributed by atoms with E-state index in [0.717, 1.165) is 32.4 Å². The second-order valence-electron chi connectivity index (χ2n) is 6.83. The average Bonchev–Trinajstić information content (AvgIpc) is 3.05. The largest absolute Gasteiger partial charge is 0.481 e. The second kappa shape index (κ2) is 8.11. The zero-order valence-electron chi connectivity index (χ0n) is 14.0. The van der Waals surface area contributed by atoms with Crippen LogP contribution in [0.25, 0.3) is 0 Å². The predicted octanol–water partition coefficient (Wildman–Crippen LogP) is 3.49. The number of nitrogens with zero attached hydrogens (tertiary/aromatic N) is 1. The van der Waals surface area contributed by atoms with Crippen molar-refractivity contribution in [1.82, 2.24) is 4.90 Å². The number of aliphatic carboxylic acids is 1. The molecule has 2 aromatic rings. The van der Waals surface area contributed by atoms with Crippen LogP contribution in [0.5, 0.6) is 0 Å². The normalized spacial score (nSPS) is 18.1. The number of hydrogen-bond acceptors (Lipinski definition) is 2. The van der Waals surface area contributed by atoms with Gasteiger partial charge in [0.2, 0.25) is 0 Å². The molecule has 0 radical (unpaired) electrons. The maximum atomic E-state index is 11.2. The fourth-order valence-electron chi connectivity index (χ4n) is 3.66. The lowest BCUT2D eigenvalue weighted by Gasteiger charge is -2.24. The number of carboxylic acid groups (broad SMARTS) is 1. The highest BCUT2D eigenvalue weighted by molar-refractivity contribution is 5.70. The van der Waals surface area contributed by atoms with E-state index in [9.17, 15) is 9.90 Å². The molecule has 0 amide bonds. The monoisotopic (exact) mass is 323 g/mol. The van der Waals surface area contributed by atoms with Crippen LogP contribution in [0.15, 0.2) is 60.7 Å². The third kappa shape index (κ3) is 4.68. The third-order valence-corrected chi connectivity index (χ3v) is 4.87. The van der Waals surface area contributed by atoms with Crippen molar-refractivity contribution >= 4 is 5.97 Å². The molecule has 3 nitrogen and oxygen atoms in total. The summed E-state index contributed by atoms with van der Waals surface area (Å²) in [6, 6.07) is 21.2. The molecule has 0 aromatic heterocycles. The number of likely N-dealkylation sites (tertiary alicyclic amines) is 1. The Morgan fingerprint density at radius 2 is 1.54 bits per heavy atom. The van der Waals surface area contributed by atoms with E-state index >= 15 is 0 Å². The molecule has 126 valence electrons. The summed E-state index contributed by atoms with van der Waals surface area (Å²) in [6.07, 6.45) is 2.84. The molecule has 1 aliphatic rings. The van der Waals surface area contributed by atoms with Crippen molar-refractivity contribution in [3.8, 4) is 0 Å². The molecule has 3 heteroatoms. The SMILES string of the molecule is O=C(O)C1CCN(CC(Cc2ccccc2)Cc2ccccc2)C1. The maximum absolute atomic E-state index is 11.2. The van der Waals surface area contributed by atoms with E-state index in [1.54, 1.807) is 0 Å². The Kier molecular flexibility index (Phi) is 5.65. The Labute approximate surface area is 143 Å². The van der Waals surface area contributed by atoms with Crippen molar-refractivity contribution in [3.05, 3.63) is 71.8 Å². The topological polar surface area (TPSA) is 40.5 Å². The van der Waals surface area contributed by atoms with Crippen LogP contribution >= 0.6 is 0 Å². The van der Waals surface area contributed by atoms with Crippen LogP contribution < -0.4 is 0 Å². The second-order valence-corrected chi connectivity index (χ2v) is 6.83. The molecule has 1 aliphatic heterocycles. The molecule has 1 unspecified atom stereocenters. The summed E-state index contributed by atoms with van der Waals surface area (Å²) in [5.74, 6) is -0.346. The van der Waals surface area contributed by atoms with Gasteiger partial charge in [0.05, 0.1) is 5.92 Å². The van der Waals surface area contributed by atoms with Crippen molar-refractivity contribution in [2.45, 2.75) is 19.3 Å². The molecule has 1 saturated heterocycles. The van der Waals surface area contributed by atoms with Gasteiger partial charge >= 0.3 is 5.97 Å². The van der Waals surface area contributed by atoms with Gasteiger partial charge in [-0.1, -0.05) is 60.7 Å². The van der Waals surface area contributed by atoms with Gasteiger partial charge in [0, 0.05) is 13.1 Å². The van der Waals surface area contributed by atoms with E-state index in [4.69, 9.17) is 0 Å². The molecule has 0 bridgehead atoms. The first-order valence-electron chi connectivity index (χ1n) is 8.73. The Morgan fingerprint density at radius 1 is 1.00 bits per heavy atom. The molecule has 24 heavy (non-hydrogen) atoms. The van der Waals surface area contributed by atoms with Gasteiger partial charge in [-0.25, -0.2) is 0 Å². The van der Waals surface area contributed by atoms with Crippen LogP contribution in [-0.2, 0) is 17.6 Å². The number of carbonyl (C=O) groups is 1. The van der Waals surface area contributed by atoms with Gasteiger partial charge in [0.1, 0.15) is 0 Å². The molecule has 3 rings (SSSR count). The van der Waals surface area contributed by atoms with Crippen LogP contribution in [0.4, 0.5) is 0 Å². The van der Waals surface area contributed by atoms with Gasteiger partial charge < -0.3 is 10.0 Å². The molecule has 1 fully saturated rings. The fraction of sp³-hybridized carbons (Fsp3) is 0.381. The van der Waals surface area contributed by atoms with Gasteiger partial charge in [0.25, 0.3) is 0 Å². The van der Waals surface area contributed by atoms with Gasteiger partial charge in [-0.05, 0) is 42.9 Å². The van der Waals surface area contributed by atoms with Crippen molar-refractivity contribution in [3.63, 3.8) is 0 Å². The molecule has 0 saturated carbocycles. The predicted molar refractivity (Wildman–Crippen MR) is 96.0 cm³/mol. The summed E-state index contributed by atoms with van der Waals surface area (Å²) >= 11 is 0. The van der Waals surface area contributed by atoms with E-state index in [2.05, 4.69) is 53.4 Å². The molecule has 1 atom stereocenters.